The lowest BCUT2D eigenvalue weighted by Gasteiger charge is -2.17. The van der Waals surface area contributed by atoms with Gasteiger partial charge in [-0.15, -0.1) is 0 Å². The minimum absolute atomic E-state index is 0.0583. The summed E-state index contributed by atoms with van der Waals surface area (Å²) in [7, 11) is 3.56. The summed E-state index contributed by atoms with van der Waals surface area (Å²) in [6, 6.07) is 4.93. The van der Waals surface area contributed by atoms with Crippen LogP contribution in [0.3, 0.4) is 0 Å². The lowest BCUT2D eigenvalue weighted by molar-refractivity contribution is 0.267. The Morgan fingerprint density at radius 1 is 1.47 bits per heavy atom. The highest BCUT2D eigenvalue weighted by atomic mass is 19.1. The molecule has 3 nitrogen and oxygen atoms in total. The van der Waals surface area contributed by atoms with E-state index in [0.29, 0.717) is 12.2 Å². The molecule has 15 heavy (non-hydrogen) atoms. The largest absolute Gasteiger partial charge is 0.396 e. The molecule has 0 saturated heterocycles. The van der Waals surface area contributed by atoms with Crippen molar-refractivity contribution in [2.45, 2.75) is 5.92 Å². The van der Waals surface area contributed by atoms with Crippen LogP contribution in [0, 0.1) is 5.82 Å². The number of nitrogens with two attached hydrogens (primary N) is 1. The maximum absolute atomic E-state index is 13.6. The van der Waals surface area contributed by atoms with Crippen molar-refractivity contribution in [2.75, 3.05) is 32.1 Å². The van der Waals surface area contributed by atoms with E-state index in [1.807, 2.05) is 0 Å². The van der Waals surface area contributed by atoms with Crippen molar-refractivity contribution in [3.05, 3.63) is 29.6 Å². The van der Waals surface area contributed by atoms with Crippen molar-refractivity contribution in [1.29, 1.82) is 0 Å². The van der Waals surface area contributed by atoms with Crippen LogP contribution in [-0.2, 0) is 0 Å². The first-order valence-corrected chi connectivity index (χ1v) is 4.87. The summed E-state index contributed by atoms with van der Waals surface area (Å²) in [5, 5.41) is 9.04. The SMILES string of the molecule is CN(C)c1ccc(C(CN)CO)cc1F. The summed E-state index contributed by atoms with van der Waals surface area (Å²) in [4.78, 5) is 1.70. The maximum Gasteiger partial charge on any atom is 0.146 e. The van der Waals surface area contributed by atoms with Crippen LogP contribution < -0.4 is 10.6 Å². The number of nitrogens with zero attached hydrogens (tertiary/aromatic N) is 1. The fourth-order valence-electron chi connectivity index (χ4n) is 1.46. The summed E-state index contributed by atoms with van der Waals surface area (Å²) in [5.74, 6) is -0.472. The quantitative estimate of drug-likeness (QED) is 0.780. The molecule has 0 bridgehead atoms. The Hall–Kier alpha value is -1.13. The fraction of sp³-hybridized carbons (Fsp3) is 0.455. The van der Waals surface area contributed by atoms with Crippen molar-refractivity contribution in [1.82, 2.24) is 0 Å². The molecule has 1 unspecified atom stereocenters. The van der Waals surface area contributed by atoms with E-state index in [0.717, 1.165) is 5.56 Å². The number of anilines is 1. The zero-order valence-corrected chi connectivity index (χ0v) is 9.07. The number of hydrogen-bond donors (Lipinski definition) is 2. The fourth-order valence-corrected chi connectivity index (χ4v) is 1.46. The molecule has 0 amide bonds. The van der Waals surface area contributed by atoms with Crippen molar-refractivity contribution >= 4 is 5.69 Å². The molecule has 0 saturated carbocycles. The van der Waals surface area contributed by atoms with Gasteiger partial charge in [-0.25, -0.2) is 4.39 Å². The molecule has 0 radical (unpaired) electrons. The number of halogens is 1. The standard InChI is InChI=1S/C11H17FN2O/c1-14(2)11-4-3-8(5-10(11)12)9(6-13)7-15/h3-5,9,15H,6-7,13H2,1-2H3. The minimum atomic E-state index is -0.288. The lowest BCUT2D eigenvalue weighted by Crippen LogP contribution is -2.17. The van der Waals surface area contributed by atoms with Gasteiger partial charge in [0, 0.05) is 26.6 Å². The van der Waals surface area contributed by atoms with Crippen LogP contribution in [0.2, 0.25) is 0 Å². The summed E-state index contributed by atoms with van der Waals surface area (Å²) in [6.45, 7) is 0.258. The average Bonchev–Trinajstić information content (AvgIpc) is 2.19. The third kappa shape index (κ3) is 2.67. The highest BCUT2D eigenvalue weighted by Crippen LogP contribution is 2.22. The van der Waals surface area contributed by atoms with Gasteiger partial charge in [0.2, 0.25) is 0 Å². The normalized spacial score (nSPS) is 12.6. The van der Waals surface area contributed by atoms with Crippen LogP contribution >= 0.6 is 0 Å². The number of aliphatic hydroxyl groups is 1. The Bertz CT molecular complexity index is 324. The Kier molecular flexibility index (Phi) is 4.05. The van der Waals surface area contributed by atoms with E-state index in [1.54, 1.807) is 31.1 Å². The van der Waals surface area contributed by atoms with Gasteiger partial charge in [0.05, 0.1) is 12.3 Å². The summed E-state index contributed by atoms with van der Waals surface area (Å²) >= 11 is 0. The Morgan fingerprint density at radius 2 is 2.13 bits per heavy atom. The molecule has 1 atom stereocenters. The third-order valence-corrected chi connectivity index (χ3v) is 2.43. The second-order valence-corrected chi connectivity index (χ2v) is 3.72. The van der Waals surface area contributed by atoms with Gasteiger partial charge in [-0.3, -0.25) is 0 Å². The predicted octanol–water partition coefficient (Wildman–Crippen LogP) is 0.926. The number of rotatable bonds is 4. The van der Waals surface area contributed by atoms with E-state index in [1.165, 1.54) is 6.07 Å². The van der Waals surface area contributed by atoms with Gasteiger partial charge in [0.15, 0.2) is 0 Å². The Balaban J connectivity index is 3.00. The van der Waals surface area contributed by atoms with Crippen LogP contribution in [0.25, 0.3) is 0 Å². The van der Waals surface area contributed by atoms with E-state index >= 15 is 0 Å². The number of aliphatic hydroxyl groups excluding tert-OH is 1. The molecule has 0 aromatic heterocycles. The van der Waals surface area contributed by atoms with Gasteiger partial charge in [-0.1, -0.05) is 6.07 Å². The molecule has 1 aromatic rings. The predicted molar refractivity (Wildman–Crippen MR) is 59.6 cm³/mol. The lowest BCUT2D eigenvalue weighted by atomic mass is 9.99. The van der Waals surface area contributed by atoms with Crippen molar-refractivity contribution in [3.63, 3.8) is 0 Å². The van der Waals surface area contributed by atoms with Gasteiger partial charge >= 0.3 is 0 Å². The molecule has 0 aliphatic heterocycles. The highest BCUT2D eigenvalue weighted by Gasteiger charge is 2.11. The second kappa shape index (κ2) is 5.09. The third-order valence-electron chi connectivity index (χ3n) is 2.43. The van der Waals surface area contributed by atoms with Crippen LogP contribution in [-0.4, -0.2) is 32.4 Å². The highest BCUT2D eigenvalue weighted by molar-refractivity contribution is 5.48. The summed E-state index contributed by atoms with van der Waals surface area (Å²) in [6.07, 6.45) is 0. The molecule has 4 heteroatoms. The molecular formula is C11H17FN2O. The monoisotopic (exact) mass is 212 g/mol. The molecule has 0 spiro atoms. The average molecular weight is 212 g/mol. The summed E-state index contributed by atoms with van der Waals surface area (Å²) in [5.41, 5.74) is 6.74. The molecule has 84 valence electrons. The molecular weight excluding hydrogens is 195 g/mol. The maximum atomic E-state index is 13.6. The van der Waals surface area contributed by atoms with Gasteiger partial charge in [-0.2, -0.15) is 0 Å². The van der Waals surface area contributed by atoms with Crippen LogP contribution in [0.5, 0.6) is 0 Å². The van der Waals surface area contributed by atoms with Crippen LogP contribution in [0.1, 0.15) is 11.5 Å². The van der Waals surface area contributed by atoms with E-state index in [-0.39, 0.29) is 18.3 Å². The number of benzene rings is 1. The van der Waals surface area contributed by atoms with Crippen molar-refractivity contribution in [2.24, 2.45) is 5.73 Å². The molecule has 1 rings (SSSR count). The van der Waals surface area contributed by atoms with Gasteiger partial charge in [-0.05, 0) is 17.7 Å². The first-order valence-electron chi connectivity index (χ1n) is 4.87. The van der Waals surface area contributed by atoms with Crippen LogP contribution in [0.15, 0.2) is 18.2 Å². The minimum Gasteiger partial charge on any atom is -0.396 e. The van der Waals surface area contributed by atoms with Gasteiger partial charge in [0.1, 0.15) is 5.82 Å². The second-order valence-electron chi connectivity index (χ2n) is 3.72. The Morgan fingerprint density at radius 3 is 2.53 bits per heavy atom. The molecule has 0 aliphatic rings. The molecule has 0 heterocycles. The van der Waals surface area contributed by atoms with E-state index < -0.39 is 0 Å². The zero-order valence-electron chi connectivity index (χ0n) is 9.07. The van der Waals surface area contributed by atoms with Crippen molar-refractivity contribution < 1.29 is 9.50 Å². The first kappa shape index (κ1) is 11.9. The van der Waals surface area contributed by atoms with Crippen molar-refractivity contribution in [3.8, 4) is 0 Å². The number of hydrogen-bond acceptors (Lipinski definition) is 3. The Labute approximate surface area is 89.3 Å². The topological polar surface area (TPSA) is 49.5 Å². The van der Waals surface area contributed by atoms with E-state index in [2.05, 4.69) is 0 Å². The van der Waals surface area contributed by atoms with E-state index in [4.69, 9.17) is 10.8 Å². The van der Waals surface area contributed by atoms with Crippen LogP contribution in [0.4, 0.5) is 10.1 Å². The molecule has 3 N–H and O–H groups in total. The first-order chi connectivity index (χ1) is 7.10. The smallest absolute Gasteiger partial charge is 0.146 e. The zero-order chi connectivity index (χ0) is 11.4. The van der Waals surface area contributed by atoms with Gasteiger partial charge in [0.25, 0.3) is 0 Å². The molecule has 1 aromatic carbocycles. The molecule has 0 aliphatic carbocycles. The summed E-state index contributed by atoms with van der Waals surface area (Å²) < 4.78 is 13.6. The van der Waals surface area contributed by atoms with Gasteiger partial charge < -0.3 is 15.7 Å². The molecule has 0 fully saturated rings. The van der Waals surface area contributed by atoms with E-state index in [9.17, 15) is 4.39 Å².